The Morgan fingerprint density at radius 1 is 1.11 bits per heavy atom. The first-order valence-electron chi connectivity index (χ1n) is 13.0. The van der Waals surface area contributed by atoms with Crippen LogP contribution in [0.1, 0.15) is 69.1 Å². The number of amides is 3. The number of likely N-dealkylation sites (N-methyl/N-ethyl adjacent to an activating group) is 1. The van der Waals surface area contributed by atoms with E-state index in [1.54, 1.807) is 31.3 Å². The van der Waals surface area contributed by atoms with Gasteiger partial charge in [-0.05, 0) is 36.8 Å². The maximum absolute atomic E-state index is 13.7. The van der Waals surface area contributed by atoms with E-state index in [1.165, 1.54) is 4.90 Å². The highest BCUT2D eigenvalue weighted by molar-refractivity contribution is 6.20. The number of anilines is 1. The number of hydrogen-bond acceptors (Lipinski definition) is 4. The molecule has 0 radical (unpaired) electrons. The molecular formula is C29H35FN4O3. The van der Waals surface area contributed by atoms with Crippen LogP contribution in [0.15, 0.2) is 53.5 Å². The molecule has 3 amide bonds. The number of halogens is 1. The SMILES string of the molecule is CC(C)CCC(=O)NC1(C(=O)NC2N=C(c3ccc(CF)cc3)c3ccccc3N(C)C2=O)CCCC1. The zero-order valence-electron chi connectivity index (χ0n) is 21.7. The summed E-state index contributed by atoms with van der Waals surface area (Å²) in [5.74, 6) is -0.543. The molecule has 4 rings (SSSR count). The molecule has 1 saturated carbocycles. The number of carbonyl (C=O) groups is 3. The van der Waals surface area contributed by atoms with Gasteiger partial charge in [0.2, 0.25) is 18.0 Å². The molecule has 1 fully saturated rings. The van der Waals surface area contributed by atoms with Crippen LogP contribution in [0.25, 0.3) is 0 Å². The topological polar surface area (TPSA) is 90.9 Å². The van der Waals surface area contributed by atoms with Gasteiger partial charge in [-0.1, -0.05) is 69.2 Å². The summed E-state index contributed by atoms with van der Waals surface area (Å²) in [6.07, 6.45) is 2.59. The summed E-state index contributed by atoms with van der Waals surface area (Å²) in [4.78, 5) is 46.1. The predicted molar refractivity (Wildman–Crippen MR) is 142 cm³/mol. The third-order valence-corrected chi connectivity index (χ3v) is 7.21. The molecule has 0 aromatic heterocycles. The third kappa shape index (κ3) is 5.73. The van der Waals surface area contributed by atoms with Crippen LogP contribution in [0, 0.1) is 5.92 Å². The molecule has 2 aromatic carbocycles. The van der Waals surface area contributed by atoms with Gasteiger partial charge >= 0.3 is 0 Å². The second-order valence-corrected chi connectivity index (χ2v) is 10.4. The number of alkyl halides is 1. The normalized spacial score (nSPS) is 18.7. The minimum Gasteiger partial charge on any atom is -0.342 e. The fourth-order valence-corrected chi connectivity index (χ4v) is 5.00. The second-order valence-electron chi connectivity index (χ2n) is 10.4. The van der Waals surface area contributed by atoms with E-state index >= 15 is 0 Å². The molecule has 196 valence electrons. The van der Waals surface area contributed by atoms with Crippen LogP contribution in [-0.2, 0) is 21.1 Å². The molecular weight excluding hydrogens is 471 g/mol. The van der Waals surface area contributed by atoms with Gasteiger partial charge in [-0.25, -0.2) is 9.38 Å². The molecule has 2 N–H and O–H groups in total. The lowest BCUT2D eigenvalue weighted by Crippen LogP contribution is -2.60. The van der Waals surface area contributed by atoms with Gasteiger partial charge in [0.15, 0.2) is 0 Å². The summed E-state index contributed by atoms with van der Waals surface area (Å²) < 4.78 is 13.1. The highest BCUT2D eigenvalue weighted by Gasteiger charge is 2.44. The summed E-state index contributed by atoms with van der Waals surface area (Å²) >= 11 is 0. The number of carbonyl (C=O) groups excluding carboxylic acids is 3. The van der Waals surface area contributed by atoms with Gasteiger partial charge in [-0.3, -0.25) is 14.4 Å². The molecule has 7 nitrogen and oxygen atoms in total. The Bertz CT molecular complexity index is 1190. The molecule has 2 aliphatic rings. The third-order valence-electron chi connectivity index (χ3n) is 7.21. The van der Waals surface area contributed by atoms with E-state index in [0.717, 1.165) is 24.8 Å². The molecule has 1 atom stereocenters. The second kappa shape index (κ2) is 11.2. The Labute approximate surface area is 217 Å². The van der Waals surface area contributed by atoms with Crippen molar-refractivity contribution < 1.29 is 18.8 Å². The first-order chi connectivity index (χ1) is 17.7. The number of fused-ring (bicyclic) bond motifs is 1. The predicted octanol–water partition coefficient (Wildman–Crippen LogP) is 4.28. The van der Waals surface area contributed by atoms with Crippen LogP contribution in [0.4, 0.5) is 10.1 Å². The Hall–Kier alpha value is -3.55. The van der Waals surface area contributed by atoms with Crippen molar-refractivity contribution >= 4 is 29.1 Å². The maximum atomic E-state index is 13.7. The van der Waals surface area contributed by atoms with Crippen molar-refractivity contribution in [1.82, 2.24) is 10.6 Å². The largest absolute Gasteiger partial charge is 0.342 e. The molecule has 1 aliphatic carbocycles. The van der Waals surface area contributed by atoms with E-state index in [0.29, 0.717) is 47.7 Å². The molecule has 37 heavy (non-hydrogen) atoms. The number of para-hydroxylation sites is 1. The highest BCUT2D eigenvalue weighted by atomic mass is 19.1. The molecule has 8 heteroatoms. The number of benzodiazepines with no additional fused rings is 1. The average Bonchev–Trinajstić information content (AvgIpc) is 3.35. The number of hydrogen-bond donors (Lipinski definition) is 2. The van der Waals surface area contributed by atoms with Crippen LogP contribution >= 0.6 is 0 Å². The van der Waals surface area contributed by atoms with Crippen LogP contribution in [0.3, 0.4) is 0 Å². The van der Waals surface area contributed by atoms with E-state index in [2.05, 4.69) is 24.5 Å². The fourth-order valence-electron chi connectivity index (χ4n) is 5.00. The molecule has 1 unspecified atom stereocenters. The summed E-state index contributed by atoms with van der Waals surface area (Å²) in [5, 5.41) is 5.85. The minimum atomic E-state index is -1.18. The molecule has 0 spiro atoms. The van der Waals surface area contributed by atoms with Crippen molar-refractivity contribution in [3.8, 4) is 0 Å². The summed E-state index contributed by atoms with van der Waals surface area (Å²) in [5.41, 5.74) is 2.14. The van der Waals surface area contributed by atoms with Gasteiger partial charge in [-0.15, -0.1) is 0 Å². The van der Waals surface area contributed by atoms with Gasteiger partial charge in [0.25, 0.3) is 5.91 Å². The van der Waals surface area contributed by atoms with Gasteiger partial charge in [0.05, 0.1) is 11.4 Å². The Morgan fingerprint density at radius 2 is 1.78 bits per heavy atom. The van der Waals surface area contributed by atoms with E-state index in [1.807, 2.05) is 24.3 Å². The summed E-state index contributed by atoms with van der Waals surface area (Å²) in [6, 6.07) is 14.3. The van der Waals surface area contributed by atoms with Gasteiger partial charge in [-0.2, -0.15) is 0 Å². The highest BCUT2D eigenvalue weighted by Crippen LogP contribution is 2.32. The van der Waals surface area contributed by atoms with Crippen molar-refractivity contribution in [2.24, 2.45) is 10.9 Å². The zero-order valence-corrected chi connectivity index (χ0v) is 21.7. The molecule has 1 heterocycles. The summed E-state index contributed by atoms with van der Waals surface area (Å²) in [7, 11) is 1.66. The van der Waals surface area contributed by atoms with E-state index < -0.39 is 24.3 Å². The van der Waals surface area contributed by atoms with E-state index in [4.69, 9.17) is 4.99 Å². The fraction of sp³-hybridized carbons (Fsp3) is 0.448. The monoisotopic (exact) mass is 506 g/mol. The van der Waals surface area contributed by atoms with Gasteiger partial charge in [0.1, 0.15) is 12.2 Å². The smallest absolute Gasteiger partial charge is 0.272 e. The maximum Gasteiger partial charge on any atom is 0.272 e. The van der Waals surface area contributed by atoms with E-state index in [9.17, 15) is 18.8 Å². The van der Waals surface area contributed by atoms with Crippen LogP contribution in [0.5, 0.6) is 0 Å². The van der Waals surface area contributed by atoms with Crippen LogP contribution in [0.2, 0.25) is 0 Å². The van der Waals surface area contributed by atoms with Crippen molar-refractivity contribution in [2.75, 3.05) is 11.9 Å². The number of nitrogens with one attached hydrogen (secondary N) is 2. The number of benzene rings is 2. The van der Waals surface area contributed by atoms with Crippen molar-refractivity contribution in [1.29, 1.82) is 0 Å². The molecule has 0 bridgehead atoms. The lowest BCUT2D eigenvalue weighted by Gasteiger charge is -2.31. The van der Waals surface area contributed by atoms with Crippen molar-refractivity contribution in [3.63, 3.8) is 0 Å². The Balaban J connectivity index is 1.66. The van der Waals surface area contributed by atoms with Crippen molar-refractivity contribution in [2.45, 2.75) is 70.8 Å². The lowest BCUT2D eigenvalue weighted by molar-refractivity contribution is -0.135. The first kappa shape index (κ1) is 26.5. The number of rotatable bonds is 8. The zero-order chi connectivity index (χ0) is 26.6. The quantitative estimate of drug-likeness (QED) is 0.560. The number of aliphatic imine (C=N–C) groups is 1. The molecule has 1 aliphatic heterocycles. The number of nitrogens with zero attached hydrogens (tertiary/aromatic N) is 2. The average molecular weight is 507 g/mol. The van der Waals surface area contributed by atoms with Crippen LogP contribution < -0.4 is 15.5 Å². The Morgan fingerprint density at radius 3 is 2.43 bits per heavy atom. The first-order valence-corrected chi connectivity index (χ1v) is 13.0. The van der Waals surface area contributed by atoms with Gasteiger partial charge < -0.3 is 15.5 Å². The van der Waals surface area contributed by atoms with Gasteiger partial charge in [0, 0.05) is 24.6 Å². The standard InChI is InChI=1S/C29H35FN4O3/c1-19(2)10-15-24(35)33-29(16-6-7-17-29)28(37)32-26-27(36)34(3)23-9-5-4-8-22(23)25(31-26)21-13-11-20(18-30)12-14-21/h4-5,8-9,11-14,19,26H,6-7,10,15-18H2,1-3H3,(H,32,37)(H,33,35). The van der Waals surface area contributed by atoms with E-state index in [-0.39, 0.29) is 11.8 Å². The summed E-state index contributed by atoms with van der Waals surface area (Å²) in [6.45, 7) is 3.53. The molecule has 2 aromatic rings. The Kier molecular flexibility index (Phi) is 8.05. The minimum absolute atomic E-state index is 0.153. The van der Waals surface area contributed by atoms with Crippen LogP contribution in [-0.4, -0.2) is 42.2 Å². The molecule has 0 saturated heterocycles. The van der Waals surface area contributed by atoms with Crippen molar-refractivity contribution in [3.05, 3.63) is 65.2 Å². The lowest BCUT2D eigenvalue weighted by atomic mass is 9.95.